The molecule has 0 aromatic heterocycles. The predicted molar refractivity (Wildman–Crippen MR) is 73.4 cm³/mol. The Bertz CT molecular complexity index is 392. The van der Waals surface area contributed by atoms with Gasteiger partial charge in [0.05, 0.1) is 5.69 Å². The number of anilines is 1. The molecule has 86 valence electrons. The van der Waals surface area contributed by atoms with Crippen LogP contribution in [0.15, 0.2) is 23.2 Å². The molecule has 0 aliphatic carbocycles. The van der Waals surface area contributed by atoms with E-state index in [-0.39, 0.29) is 0 Å². The number of rotatable bonds is 5. The lowest BCUT2D eigenvalue weighted by Gasteiger charge is -2.07. The van der Waals surface area contributed by atoms with Crippen LogP contribution >= 0.6 is 0 Å². The van der Waals surface area contributed by atoms with Crippen LogP contribution in [0.2, 0.25) is 0 Å². The summed E-state index contributed by atoms with van der Waals surface area (Å²) in [5, 5.41) is 0. The normalized spacial score (nSPS) is 10.9. The van der Waals surface area contributed by atoms with Crippen molar-refractivity contribution in [1.82, 2.24) is 0 Å². The van der Waals surface area contributed by atoms with Crippen molar-refractivity contribution < 1.29 is 0 Å². The minimum atomic E-state index is 0.808. The molecule has 0 radical (unpaired) electrons. The summed E-state index contributed by atoms with van der Waals surface area (Å²) in [4.78, 5) is 4.01. The molecule has 1 aromatic carbocycles. The van der Waals surface area contributed by atoms with Crippen molar-refractivity contribution in [2.45, 2.75) is 33.1 Å². The van der Waals surface area contributed by atoms with Gasteiger partial charge in [0.25, 0.3) is 0 Å². The molecule has 0 bridgehead atoms. The van der Waals surface area contributed by atoms with Gasteiger partial charge in [-0.25, -0.2) is 0 Å². The fourth-order valence-electron chi connectivity index (χ4n) is 1.60. The van der Waals surface area contributed by atoms with E-state index in [0.29, 0.717) is 0 Å². The second kappa shape index (κ2) is 6.11. The van der Waals surface area contributed by atoms with Crippen LogP contribution in [0.1, 0.15) is 37.3 Å². The van der Waals surface area contributed by atoms with Gasteiger partial charge in [0.15, 0.2) is 0 Å². The van der Waals surface area contributed by atoms with Gasteiger partial charge in [-0.3, -0.25) is 4.99 Å². The van der Waals surface area contributed by atoms with E-state index in [4.69, 9.17) is 5.73 Å². The van der Waals surface area contributed by atoms with E-state index in [0.717, 1.165) is 28.9 Å². The molecule has 0 atom stereocenters. The first kappa shape index (κ1) is 12.5. The molecule has 0 heterocycles. The van der Waals surface area contributed by atoms with Gasteiger partial charge in [0, 0.05) is 11.3 Å². The second-order valence-corrected chi connectivity index (χ2v) is 3.92. The summed E-state index contributed by atoms with van der Waals surface area (Å²) in [6.07, 6.45) is 7.81. The summed E-state index contributed by atoms with van der Waals surface area (Å²) < 4.78 is 0. The zero-order valence-corrected chi connectivity index (χ0v) is 10.2. The Kier molecular flexibility index (Phi) is 4.77. The number of allylic oxidation sites excluding steroid dienone is 1. The van der Waals surface area contributed by atoms with Crippen LogP contribution in [0.25, 0.3) is 6.08 Å². The molecule has 0 amide bonds. The summed E-state index contributed by atoms with van der Waals surface area (Å²) >= 11 is 0. The Hall–Kier alpha value is -1.57. The predicted octanol–water partition coefficient (Wildman–Crippen LogP) is 4.11. The van der Waals surface area contributed by atoms with Gasteiger partial charge in [0.1, 0.15) is 0 Å². The maximum atomic E-state index is 5.88. The molecule has 0 fully saturated rings. The maximum absolute atomic E-state index is 5.88. The van der Waals surface area contributed by atoms with Crippen LogP contribution in [0.5, 0.6) is 0 Å². The largest absolute Gasteiger partial charge is 0.398 e. The van der Waals surface area contributed by atoms with Crippen LogP contribution in [0, 0.1) is 6.92 Å². The van der Waals surface area contributed by atoms with Crippen LogP contribution < -0.4 is 5.73 Å². The molecule has 0 saturated heterocycles. The van der Waals surface area contributed by atoms with Crippen molar-refractivity contribution >= 4 is 24.2 Å². The lowest BCUT2D eigenvalue weighted by Crippen LogP contribution is -1.92. The highest BCUT2D eigenvalue weighted by Gasteiger charge is 2.03. The molecular formula is C14H20N2. The van der Waals surface area contributed by atoms with Crippen molar-refractivity contribution in [2.24, 2.45) is 4.99 Å². The summed E-state index contributed by atoms with van der Waals surface area (Å²) in [5.74, 6) is 0. The molecule has 2 heteroatoms. The summed E-state index contributed by atoms with van der Waals surface area (Å²) in [7, 11) is 0. The first-order valence-corrected chi connectivity index (χ1v) is 5.73. The Balaban J connectivity index is 2.96. The van der Waals surface area contributed by atoms with Crippen molar-refractivity contribution in [3.05, 3.63) is 29.3 Å². The third-order valence-electron chi connectivity index (χ3n) is 2.71. The highest BCUT2D eigenvalue weighted by molar-refractivity contribution is 5.73. The fraction of sp³-hybridized carbons (Fsp3) is 0.357. The molecule has 1 rings (SSSR count). The Morgan fingerprint density at radius 1 is 1.44 bits per heavy atom. The summed E-state index contributed by atoms with van der Waals surface area (Å²) in [6, 6.07) is 3.79. The van der Waals surface area contributed by atoms with E-state index in [1.807, 2.05) is 19.1 Å². The number of nitrogen functional groups attached to an aromatic ring is 1. The highest BCUT2D eigenvalue weighted by atomic mass is 14.7. The average molecular weight is 216 g/mol. The van der Waals surface area contributed by atoms with Gasteiger partial charge in [-0.2, -0.15) is 0 Å². The first-order chi connectivity index (χ1) is 7.70. The summed E-state index contributed by atoms with van der Waals surface area (Å²) in [5.41, 5.74) is 9.76. The number of hydrogen-bond donors (Lipinski definition) is 1. The van der Waals surface area contributed by atoms with Crippen LogP contribution in [0.4, 0.5) is 11.4 Å². The maximum Gasteiger partial charge on any atom is 0.0698 e. The van der Waals surface area contributed by atoms with E-state index >= 15 is 0 Å². The zero-order chi connectivity index (χ0) is 12.0. The van der Waals surface area contributed by atoms with Gasteiger partial charge in [0.2, 0.25) is 0 Å². The number of hydrogen-bond acceptors (Lipinski definition) is 2. The lowest BCUT2D eigenvalue weighted by atomic mass is 10.0. The zero-order valence-electron chi connectivity index (χ0n) is 10.2. The third kappa shape index (κ3) is 2.96. The lowest BCUT2D eigenvalue weighted by molar-refractivity contribution is 0.816. The molecule has 0 aliphatic heterocycles. The topological polar surface area (TPSA) is 38.4 Å². The highest BCUT2D eigenvalue weighted by Crippen LogP contribution is 2.28. The van der Waals surface area contributed by atoms with Crippen molar-refractivity contribution in [1.29, 1.82) is 0 Å². The van der Waals surface area contributed by atoms with Crippen LogP contribution in [0.3, 0.4) is 0 Å². The SMILES string of the molecule is C=Nc1ccc(N)c(C)c1/C=C\CCCC. The van der Waals surface area contributed by atoms with Gasteiger partial charge >= 0.3 is 0 Å². The molecule has 1 aromatic rings. The van der Waals surface area contributed by atoms with Crippen LogP contribution in [-0.2, 0) is 0 Å². The summed E-state index contributed by atoms with van der Waals surface area (Å²) in [6.45, 7) is 7.79. The smallest absolute Gasteiger partial charge is 0.0698 e. The molecule has 0 spiro atoms. The van der Waals surface area contributed by atoms with E-state index in [2.05, 4.69) is 30.8 Å². The minimum Gasteiger partial charge on any atom is -0.398 e. The Morgan fingerprint density at radius 2 is 2.19 bits per heavy atom. The quantitative estimate of drug-likeness (QED) is 0.449. The van der Waals surface area contributed by atoms with Crippen molar-refractivity contribution in [3.8, 4) is 0 Å². The van der Waals surface area contributed by atoms with E-state index in [9.17, 15) is 0 Å². The average Bonchev–Trinajstić information content (AvgIpc) is 2.30. The monoisotopic (exact) mass is 216 g/mol. The number of unbranched alkanes of at least 4 members (excludes halogenated alkanes) is 2. The molecule has 0 aliphatic rings. The van der Waals surface area contributed by atoms with E-state index in [1.54, 1.807) is 0 Å². The number of nitrogens with zero attached hydrogens (tertiary/aromatic N) is 1. The van der Waals surface area contributed by atoms with Gasteiger partial charge in [-0.05, 0) is 37.8 Å². The molecule has 2 nitrogen and oxygen atoms in total. The van der Waals surface area contributed by atoms with E-state index < -0.39 is 0 Å². The van der Waals surface area contributed by atoms with Gasteiger partial charge in [-0.1, -0.05) is 31.9 Å². The Labute approximate surface area is 97.9 Å². The van der Waals surface area contributed by atoms with Crippen LogP contribution in [-0.4, -0.2) is 6.72 Å². The Morgan fingerprint density at radius 3 is 2.81 bits per heavy atom. The second-order valence-electron chi connectivity index (χ2n) is 3.92. The number of benzene rings is 1. The number of nitrogens with two attached hydrogens (primary N) is 1. The number of aliphatic imine (C=N–C) groups is 1. The minimum absolute atomic E-state index is 0.808. The molecule has 16 heavy (non-hydrogen) atoms. The van der Waals surface area contributed by atoms with E-state index in [1.165, 1.54) is 12.8 Å². The fourth-order valence-corrected chi connectivity index (χ4v) is 1.60. The first-order valence-electron chi connectivity index (χ1n) is 5.73. The van der Waals surface area contributed by atoms with Crippen molar-refractivity contribution in [2.75, 3.05) is 5.73 Å². The molecule has 2 N–H and O–H groups in total. The van der Waals surface area contributed by atoms with Crippen molar-refractivity contribution in [3.63, 3.8) is 0 Å². The third-order valence-corrected chi connectivity index (χ3v) is 2.71. The molecule has 0 saturated carbocycles. The standard InChI is InChI=1S/C14H20N2/c1-4-5-6-7-8-12-11(2)13(15)9-10-14(12)16-3/h7-10H,3-6,15H2,1-2H3/b8-7-. The molecular weight excluding hydrogens is 196 g/mol. The van der Waals surface area contributed by atoms with Gasteiger partial charge < -0.3 is 5.73 Å². The van der Waals surface area contributed by atoms with Gasteiger partial charge in [-0.15, -0.1) is 0 Å². The molecule has 0 unspecified atom stereocenters.